The van der Waals surface area contributed by atoms with Crippen LogP contribution in [-0.4, -0.2) is 48.0 Å². The van der Waals surface area contributed by atoms with Crippen LogP contribution in [0.25, 0.3) is 11.1 Å². The molecule has 0 saturated carbocycles. The number of benzene rings is 1. The first-order valence-electron chi connectivity index (χ1n) is 8.20. The molecule has 0 aliphatic carbocycles. The van der Waals surface area contributed by atoms with Crippen molar-refractivity contribution in [2.45, 2.75) is 25.4 Å². The molecule has 2 heterocycles. The van der Waals surface area contributed by atoms with Crippen molar-refractivity contribution in [1.82, 2.24) is 14.8 Å². The molecule has 2 aromatic rings. The average Bonchev–Trinajstić information content (AvgIpc) is 2.56. The van der Waals surface area contributed by atoms with Crippen LogP contribution in [0.15, 0.2) is 42.7 Å². The molecule has 0 unspecified atom stereocenters. The van der Waals surface area contributed by atoms with E-state index < -0.39 is 0 Å². The lowest BCUT2D eigenvalue weighted by Crippen LogP contribution is -2.41. The highest BCUT2D eigenvalue weighted by atomic mass is 19.1. The second-order valence-electron chi connectivity index (χ2n) is 6.54. The van der Waals surface area contributed by atoms with Gasteiger partial charge in [0.1, 0.15) is 5.82 Å². The highest BCUT2D eigenvalue weighted by molar-refractivity contribution is 5.62. The van der Waals surface area contributed by atoms with Crippen LogP contribution in [0, 0.1) is 5.82 Å². The molecule has 4 heteroatoms. The van der Waals surface area contributed by atoms with Gasteiger partial charge in [0.15, 0.2) is 0 Å². The molecule has 0 amide bonds. The smallest absolute Gasteiger partial charge is 0.123 e. The van der Waals surface area contributed by atoms with E-state index in [4.69, 9.17) is 0 Å². The molecule has 1 saturated heterocycles. The Balaban J connectivity index is 1.69. The van der Waals surface area contributed by atoms with Gasteiger partial charge in [-0.05, 0) is 69.4 Å². The van der Waals surface area contributed by atoms with Crippen LogP contribution in [0.1, 0.15) is 18.4 Å². The van der Waals surface area contributed by atoms with Crippen molar-refractivity contribution in [1.29, 1.82) is 0 Å². The number of piperidine rings is 1. The Bertz CT molecular complexity index is 633. The van der Waals surface area contributed by atoms with Crippen molar-refractivity contribution in [3.63, 3.8) is 0 Å². The lowest BCUT2D eigenvalue weighted by molar-refractivity contribution is 0.139. The van der Waals surface area contributed by atoms with Crippen LogP contribution in [0.4, 0.5) is 4.39 Å². The maximum atomic E-state index is 13.1. The molecule has 0 N–H and O–H groups in total. The Labute approximate surface area is 137 Å². The number of nitrogens with zero attached hydrogens (tertiary/aromatic N) is 3. The van der Waals surface area contributed by atoms with Crippen molar-refractivity contribution in [2.24, 2.45) is 0 Å². The highest BCUT2D eigenvalue weighted by Gasteiger charge is 2.20. The van der Waals surface area contributed by atoms with Crippen molar-refractivity contribution in [2.75, 3.05) is 27.2 Å². The number of hydrogen-bond acceptors (Lipinski definition) is 3. The number of likely N-dealkylation sites (tertiary alicyclic amines) is 1. The Morgan fingerprint density at radius 1 is 1.13 bits per heavy atom. The van der Waals surface area contributed by atoms with Gasteiger partial charge in [0, 0.05) is 30.5 Å². The van der Waals surface area contributed by atoms with Gasteiger partial charge in [-0.15, -0.1) is 0 Å². The van der Waals surface area contributed by atoms with Crippen molar-refractivity contribution in [3.8, 4) is 11.1 Å². The number of rotatable bonds is 4. The Morgan fingerprint density at radius 2 is 1.83 bits per heavy atom. The Kier molecular flexibility index (Phi) is 5.03. The molecule has 1 aliphatic heterocycles. The summed E-state index contributed by atoms with van der Waals surface area (Å²) in [4.78, 5) is 9.18. The van der Waals surface area contributed by atoms with Crippen LogP contribution in [0.2, 0.25) is 0 Å². The molecular weight excluding hydrogens is 289 g/mol. The molecule has 1 aliphatic rings. The second kappa shape index (κ2) is 7.20. The van der Waals surface area contributed by atoms with Crippen LogP contribution in [0.3, 0.4) is 0 Å². The third kappa shape index (κ3) is 4.15. The van der Waals surface area contributed by atoms with Crippen LogP contribution in [0.5, 0.6) is 0 Å². The first-order chi connectivity index (χ1) is 11.1. The lowest BCUT2D eigenvalue weighted by atomic mass is 10.0. The zero-order valence-electron chi connectivity index (χ0n) is 13.9. The summed E-state index contributed by atoms with van der Waals surface area (Å²) in [5.74, 6) is -0.208. The van der Waals surface area contributed by atoms with Crippen molar-refractivity contribution >= 4 is 0 Å². The minimum atomic E-state index is -0.208. The number of pyridine rings is 1. The normalized spacial score (nSPS) is 16.9. The molecule has 122 valence electrons. The molecular formula is C19H24FN3. The Hall–Kier alpha value is -1.78. The first kappa shape index (κ1) is 16.1. The minimum Gasteiger partial charge on any atom is -0.306 e. The predicted molar refractivity (Wildman–Crippen MR) is 91.6 cm³/mol. The molecule has 0 radical (unpaired) electrons. The van der Waals surface area contributed by atoms with E-state index in [9.17, 15) is 4.39 Å². The van der Waals surface area contributed by atoms with Crippen LogP contribution < -0.4 is 0 Å². The van der Waals surface area contributed by atoms with E-state index in [0.717, 1.165) is 17.7 Å². The number of aromatic nitrogens is 1. The summed E-state index contributed by atoms with van der Waals surface area (Å²) < 4.78 is 13.1. The quantitative estimate of drug-likeness (QED) is 0.862. The van der Waals surface area contributed by atoms with E-state index in [1.807, 2.05) is 12.4 Å². The summed E-state index contributed by atoms with van der Waals surface area (Å²) >= 11 is 0. The summed E-state index contributed by atoms with van der Waals surface area (Å²) in [6, 6.07) is 9.39. The van der Waals surface area contributed by atoms with Gasteiger partial charge in [0.2, 0.25) is 0 Å². The molecule has 1 aromatic heterocycles. The fourth-order valence-electron chi connectivity index (χ4n) is 3.23. The summed E-state index contributed by atoms with van der Waals surface area (Å²) in [5.41, 5.74) is 3.25. The third-order valence-electron chi connectivity index (χ3n) is 4.72. The van der Waals surface area contributed by atoms with E-state index >= 15 is 0 Å². The van der Waals surface area contributed by atoms with Crippen molar-refractivity contribution in [3.05, 3.63) is 54.1 Å². The van der Waals surface area contributed by atoms with E-state index in [1.54, 1.807) is 12.1 Å². The summed E-state index contributed by atoms with van der Waals surface area (Å²) in [5, 5.41) is 0. The topological polar surface area (TPSA) is 19.4 Å². The molecule has 1 aromatic carbocycles. The monoisotopic (exact) mass is 313 g/mol. The van der Waals surface area contributed by atoms with Gasteiger partial charge >= 0.3 is 0 Å². The van der Waals surface area contributed by atoms with Gasteiger partial charge < -0.3 is 4.90 Å². The van der Waals surface area contributed by atoms with Gasteiger partial charge in [-0.2, -0.15) is 0 Å². The lowest BCUT2D eigenvalue weighted by Gasteiger charge is -2.35. The standard InChI is InChI=1S/C19H24FN3/c1-22-9-7-19(8-10-22)23(2)14-15-11-17(13-21-12-15)16-3-5-18(20)6-4-16/h3-6,11-13,19H,7-10,14H2,1-2H3. The molecule has 3 rings (SSSR count). The number of hydrogen-bond donors (Lipinski definition) is 0. The summed E-state index contributed by atoms with van der Waals surface area (Å²) in [6.07, 6.45) is 6.21. The number of halogens is 1. The van der Waals surface area contributed by atoms with Gasteiger partial charge in [0.05, 0.1) is 0 Å². The highest BCUT2D eigenvalue weighted by Crippen LogP contribution is 2.21. The van der Waals surface area contributed by atoms with Gasteiger partial charge in [-0.3, -0.25) is 9.88 Å². The average molecular weight is 313 g/mol. The molecule has 3 nitrogen and oxygen atoms in total. The zero-order valence-corrected chi connectivity index (χ0v) is 13.9. The minimum absolute atomic E-state index is 0.208. The molecule has 0 bridgehead atoms. The largest absolute Gasteiger partial charge is 0.306 e. The van der Waals surface area contributed by atoms with Gasteiger partial charge in [0.25, 0.3) is 0 Å². The van der Waals surface area contributed by atoms with Crippen LogP contribution in [-0.2, 0) is 6.54 Å². The fraction of sp³-hybridized carbons (Fsp3) is 0.421. The van der Waals surface area contributed by atoms with E-state index in [1.165, 1.54) is 43.6 Å². The summed E-state index contributed by atoms with van der Waals surface area (Å²) in [6.45, 7) is 3.24. The maximum absolute atomic E-state index is 13.1. The maximum Gasteiger partial charge on any atom is 0.123 e. The SMILES string of the molecule is CN1CCC(N(C)Cc2cncc(-c3ccc(F)cc3)c2)CC1. The predicted octanol–water partition coefficient (Wildman–Crippen LogP) is 3.41. The van der Waals surface area contributed by atoms with Gasteiger partial charge in [-0.1, -0.05) is 12.1 Å². The van der Waals surface area contributed by atoms with Crippen LogP contribution >= 0.6 is 0 Å². The van der Waals surface area contributed by atoms with E-state index in [-0.39, 0.29) is 5.82 Å². The molecule has 1 fully saturated rings. The van der Waals surface area contributed by atoms with E-state index in [2.05, 4.69) is 34.9 Å². The van der Waals surface area contributed by atoms with Crippen molar-refractivity contribution < 1.29 is 4.39 Å². The molecule has 0 atom stereocenters. The Morgan fingerprint density at radius 3 is 2.52 bits per heavy atom. The molecule has 0 spiro atoms. The van der Waals surface area contributed by atoms with Gasteiger partial charge in [-0.25, -0.2) is 4.39 Å². The zero-order chi connectivity index (χ0) is 16.2. The molecule has 23 heavy (non-hydrogen) atoms. The summed E-state index contributed by atoms with van der Waals surface area (Å²) in [7, 11) is 4.38. The first-order valence-corrected chi connectivity index (χ1v) is 8.20. The van der Waals surface area contributed by atoms with E-state index in [0.29, 0.717) is 6.04 Å². The third-order valence-corrected chi connectivity index (χ3v) is 4.72. The fourth-order valence-corrected chi connectivity index (χ4v) is 3.23. The second-order valence-corrected chi connectivity index (χ2v) is 6.54.